The highest BCUT2D eigenvalue weighted by atomic mass is 19.4. The first kappa shape index (κ1) is 26.5. The van der Waals surface area contributed by atoms with Crippen LogP contribution in [0.25, 0.3) is 0 Å². The molecule has 190 valence electrons. The third-order valence-corrected chi connectivity index (χ3v) is 5.90. The molecular weight excluding hydrogens is 478 g/mol. The second-order valence-corrected chi connectivity index (χ2v) is 8.52. The number of benzene rings is 2. The Morgan fingerprint density at radius 1 is 1.09 bits per heavy atom. The summed E-state index contributed by atoms with van der Waals surface area (Å²) in [7, 11) is 0. The minimum absolute atomic E-state index is 0.0607. The second-order valence-electron chi connectivity index (χ2n) is 8.52. The van der Waals surface area contributed by atoms with Gasteiger partial charge >= 0.3 is 12.4 Å². The molecule has 3 rings (SSSR count). The van der Waals surface area contributed by atoms with Crippen LogP contribution < -0.4 is 10.6 Å². The van der Waals surface area contributed by atoms with Crippen LogP contribution in [0.15, 0.2) is 48.5 Å². The number of hydrogen-bond acceptors (Lipinski definition) is 3. The smallest absolute Gasteiger partial charge is 0.371 e. The molecule has 1 heterocycles. The van der Waals surface area contributed by atoms with E-state index in [2.05, 4.69) is 10.6 Å². The lowest BCUT2D eigenvalue weighted by Crippen LogP contribution is -2.60. The summed E-state index contributed by atoms with van der Waals surface area (Å²) >= 11 is 0. The molecule has 3 atom stereocenters. The van der Waals surface area contributed by atoms with E-state index in [1.165, 1.54) is 13.8 Å². The van der Waals surface area contributed by atoms with Crippen LogP contribution in [0.3, 0.4) is 0 Å². The third kappa shape index (κ3) is 6.33. The fourth-order valence-corrected chi connectivity index (χ4v) is 4.03. The van der Waals surface area contributed by atoms with Crippen molar-refractivity contribution in [3.05, 3.63) is 70.8 Å². The first-order valence-electron chi connectivity index (χ1n) is 10.8. The van der Waals surface area contributed by atoms with Gasteiger partial charge in [-0.3, -0.25) is 9.59 Å². The van der Waals surface area contributed by atoms with Gasteiger partial charge in [0.05, 0.1) is 29.4 Å². The van der Waals surface area contributed by atoms with Gasteiger partial charge in [-0.2, -0.15) is 26.3 Å². The largest absolute Gasteiger partial charge is 0.416 e. The molecule has 35 heavy (non-hydrogen) atoms. The molecule has 0 aliphatic carbocycles. The van der Waals surface area contributed by atoms with E-state index in [1.54, 1.807) is 30.3 Å². The van der Waals surface area contributed by atoms with Crippen molar-refractivity contribution in [2.75, 3.05) is 6.61 Å². The normalized spacial score (nSPS) is 21.8. The van der Waals surface area contributed by atoms with Crippen LogP contribution >= 0.6 is 0 Å². The molecule has 1 unspecified atom stereocenters. The van der Waals surface area contributed by atoms with Crippen molar-refractivity contribution < 1.29 is 40.7 Å². The molecule has 1 aliphatic rings. The highest BCUT2D eigenvalue weighted by molar-refractivity contribution is 5.88. The summed E-state index contributed by atoms with van der Waals surface area (Å²) in [5.74, 6) is -0.850. The first-order chi connectivity index (χ1) is 16.2. The van der Waals surface area contributed by atoms with E-state index in [0.717, 1.165) is 0 Å². The van der Waals surface area contributed by atoms with Crippen molar-refractivity contribution in [1.82, 2.24) is 10.6 Å². The maximum Gasteiger partial charge on any atom is 0.416 e. The van der Waals surface area contributed by atoms with Gasteiger partial charge < -0.3 is 15.4 Å². The van der Waals surface area contributed by atoms with Crippen LogP contribution in [0.2, 0.25) is 0 Å². The molecule has 11 heteroatoms. The predicted octanol–water partition coefficient (Wildman–Crippen LogP) is 5.11. The highest BCUT2D eigenvalue weighted by Crippen LogP contribution is 2.39. The lowest BCUT2D eigenvalue weighted by molar-refractivity contribution is -0.143. The molecule has 2 aromatic rings. The average Bonchev–Trinajstić information content (AvgIpc) is 2.78. The van der Waals surface area contributed by atoms with Crippen LogP contribution in [0, 0.1) is 0 Å². The summed E-state index contributed by atoms with van der Waals surface area (Å²) in [4.78, 5) is 24.1. The predicted molar refractivity (Wildman–Crippen MR) is 114 cm³/mol. The van der Waals surface area contributed by atoms with Crippen molar-refractivity contribution >= 4 is 11.8 Å². The summed E-state index contributed by atoms with van der Waals surface area (Å²) in [6, 6.07) is 9.24. The number of hydrogen-bond donors (Lipinski definition) is 2. The zero-order valence-corrected chi connectivity index (χ0v) is 18.9. The Morgan fingerprint density at radius 3 is 2.14 bits per heavy atom. The number of carbonyl (C=O) groups is 2. The van der Waals surface area contributed by atoms with Crippen molar-refractivity contribution in [2.24, 2.45) is 0 Å². The molecule has 2 N–H and O–H groups in total. The van der Waals surface area contributed by atoms with E-state index >= 15 is 0 Å². The minimum atomic E-state index is -4.98. The van der Waals surface area contributed by atoms with Crippen LogP contribution in [0.5, 0.6) is 0 Å². The van der Waals surface area contributed by atoms with Crippen LogP contribution in [-0.4, -0.2) is 24.5 Å². The number of amides is 2. The molecule has 0 spiro atoms. The van der Waals surface area contributed by atoms with E-state index in [9.17, 15) is 35.9 Å². The van der Waals surface area contributed by atoms with Gasteiger partial charge in [0.1, 0.15) is 6.04 Å². The van der Waals surface area contributed by atoms with Gasteiger partial charge in [-0.05, 0) is 49.1 Å². The number of piperidine rings is 1. The molecule has 0 saturated carbocycles. The van der Waals surface area contributed by atoms with Gasteiger partial charge in [-0.15, -0.1) is 0 Å². The molecular formula is C24H24F6N2O3. The van der Waals surface area contributed by atoms with Crippen LogP contribution in [0.4, 0.5) is 26.3 Å². The lowest BCUT2D eigenvalue weighted by Gasteiger charge is -2.41. The zero-order valence-electron chi connectivity index (χ0n) is 18.9. The first-order valence-corrected chi connectivity index (χ1v) is 10.8. The number of halogens is 6. The summed E-state index contributed by atoms with van der Waals surface area (Å²) < 4.78 is 85.2. The Labute approximate surface area is 197 Å². The SMILES string of the molecule is CC(=O)NC1CC[C@@](CO[C@H](C)c2cc(C(F)(F)F)cc(C(F)(F)F)c2)(c2ccccc2)NC1=O. The molecule has 0 radical (unpaired) electrons. The standard InChI is InChI=1S/C24H24F6N2O3/c1-14(16-10-18(23(25,26)27)12-19(11-16)24(28,29)30)35-13-22(17-6-4-3-5-7-17)9-8-20(21(34)32-22)31-15(2)33/h3-7,10-12,14,20H,8-9,13H2,1-2H3,(H,31,33)(H,32,34)/t14-,20?,22-/m1/s1. The summed E-state index contributed by atoms with van der Waals surface area (Å²) in [6.45, 7) is 2.41. The Balaban J connectivity index is 1.89. The Kier molecular flexibility index (Phi) is 7.49. The van der Waals surface area contributed by atoms with E-state index in [0.29, 0.717) is 24.1 Å². The van der Waals surface area contributed by atoms with E-state index < -0.39 is 47.1 Å². The van der Waals surface area contributed by atoms with Gasteiger partial charge in [0.15, 0.2) is 0 Å². The minimum Gasteiger partial charge on any atom is -0.371 e. The molecule has 5 nitrogen and oxygen atoms in total. The molecule has 0 bridgehead atoms. The number of ether oxygens (including phenoxy) is 1. The number of rotatable bonds is 6. The third-order valence-electron chi connectivity index (χ3n) is 5.90. The van der Waals surface area contributed by atoms with Gasteiger partial charge in [0.25, 0.3) is 0 Å². The topological polar surface area (TPSA) is 67.4 Å². The molecule has 2 amide bonds. The Hall–Kier alpha value is -3.08. The summed E-state index contributed by atoms with van der Waals surface area (Å²) in [5, 5.41) is 5.39. The highest BCUT2D eigenvalue weighted by Gasteiger charge is 2.42. The van der Waals surface area contributed by atoms with Gasteiger partial charge in [0, 0.05) is 6.92 Å². The number of nitrogens with one attached hydrogen (secondary N) is 2. The van der Waals surface area contributed by atoms with Crippen molar-refractivity contribution in [3.8, 4) is 0 Å². The molecule has 1 fully saturated rings. The Morgan fingerprint density at radius 2 is 1.66 bits per heavy atom. The molecule has 1 saturated heterocycles. The summed E-state index contributed by atoms with van der Waals surface area (Å²) in [6.07, 6.45) is -10.5. The zero-order chi connectivity index (χ0) is 26.0. The lowest BCUT2D eigenvalue weighted by atomic mass is 9.81. The van der Waals surface area contributed by atoms with E-state index in [1.807, 2.05) is 0 Å². The molecule has 1 aliphatic heterocycles. The fraction of sp³-hybridized carbons (Fsp3) is 0.417. The Bertz CT molecular complexity index is 1040. The summed E-state index contributed by atoms with van der Waals surface area (Å²) in [5.41, 5.74) is -3.59. The van der Waals surface area contributed by atoms with Crippen molar-refractivity contribution in [1.29, 1.82) is 0 Å². The van der Waals surface area contributed by atoms with Crippen molar-refractivity contribution in [2.45, 2.75) is 56.7 Å². The molecule has 2 aromatic carbocycles. The fourth-order valence-electron chi connectivity index (χ4n) is 4.03. The van der Waals surface area contributed by atoms with E-state index in [4.69, 9.17) is 4.74 Å². The van der Waals surface area contributed by atoms with Gasteiger partial charge in [-0.25, -0.2) is 0 Å². The number of carbonyl (C=O) groups excluding carboxylic acids is 2. The van der Waals surface area contributed by atoms with Gasteiger partial charge in [0.2, 0.25) is 11.8 Å². The van der Waals surface area contributed by atoms with Gasteiger partial charge in [-0.1, -0.05) is 30.3 Å². The molecule has 0 aromatic heterocycles. The quantitative estimate of drug-likeness (QED) is 0.540. The number of alkyl halides is 6. The average molecular weight is 502 g/mol. The monoisotopic (exact) mass is 502 g/mol. The maximum absolute atomic E-state index is 13.2. The van der Waals surface area contributed by atoms with Crippen LogP contribution in [0.1, 0.15) is 55.0 Å². The van der Waals surface area contributed by atoms with E-state index in [-0.39, 0.29) is 30.6 Å². The second kappa shape index (κ2) is 9.88. The van der Waals surface area contributed by atoms with Crippen LogP contribution in [-0.2, 0) is 32.2 Å². The maximum atomic E-state index is 13.2. The van der Waals surface area contributed by atoms with Crippen molar-refractivity contribution in [3.63, 3.8) is 0 Å².